The fraction of sp³-hybridized carbons (Fsp3) is 0.462. The molecule has 3 N–H and O–H groups in total. The first-order valence-corrected chi connectivity index (χ1v) is 7.61. The smallest absolute Gasteiger partial charge is 0.237 e. The number of carbonyl (C=O) groups excluding carboxylic acids is 1. The molecule has 3 atom stereocenters. The van der Waals surface area contributed by atoms with Crippen molar-refractivity contribution in [2.45, 2.75) is 25.4 Å². The molecule has 1 aromatic rings. The molecule has 0 radical (unpaired) electrons. The lowest BCUT2D eigenvalue weighted by molar-refractivity contribution is -0.122. The molecule has 0 aliphatic carbocycles. The number of hydrogen-bond donors (Lipinski definition) is 2. The van der Waals surface area contributed by atoms with Crippen LogP contribution >= 0.6 is 0 Å². The lowest BCUT2D eigenvalue weighted by Crippen LogP contribution is -2.46. The quantitative estimate of drug-likeness (QED) is 0.786. The monoisotopic (exact) mass is 268 g/mol. The first-order chi connectivity index (χ1) is 8.49. The number of nitrogens with one attached hydrogen (secondary N) is 1. The zero-order valence-corrected chi connectivity index (χ0v) is 11.6. The second kappa shape index (κ2) is 7.28. The molecule has 1 aromatic carbocycles. The Hall–Kier alpha value is -1.20. The minimum Gasteiger partial charge on any atom is -0.351 e. The van der Waals surface area contributed by atoms with Gasteiger partial charge in [0, 0.05) is 28.9 Å². The van der Waals surface area contributed by atoms with E-state index in [4.69, 9.17) is 5.73 Å². The molecule has 1 rings (SSSR count). The molecule has 0 aromatic heterocycles. The number of benzene rings is 1. The van der Waals surface area contributed by atoms with Crippen LogP contribution in [0.25, 0.3) is 0 Å². The van der Waals surface area contributed by atoms with Crippen LogP contribution in [0.4, 0.5) is 0 Å². The molecule has 4 nitrogen and oxygen atoms in total. The summed E-state index contributed by atoms with van der Waals surface area (Å²) in [6, 6.07) is 8.96. The van der Waals surface area contributed by atoms with E-state index in [0.717, 1.165) is 5.56 Å². The van der Waals surface area contributed by atoms with Crippen molar-refractivity contribution in [1.82, 2.24) is 5.32 Å². The Bertz CT molecular complexity index is 409. The summed E-state index contributed by atoms with van der Waals surface area (Å²) in [6.45, 7) is 1.83. The highest BCUT2D eigenvalue weighted by Gasteiger charge is 2.16. The molecule has 0 heterocycles. The maximum atomic E-state index is 11.8. The van der Waals surface area contributed by atoms with Gasteiger partial charge in [0.15, 0.2) is 0 Å². The molecule has 0 spiro atoms. The number of hydrogen-bond acceptors (Lipinski definition) is 3. The van der Waals surface area contributed by atoms with E-state index in [1.165, 1.54) is 0 Å². The second-order valence-corrected chi connectivity index (χ2v) is 5.93. The average Bonchev–Trinajstić information content (AvgIpc) is 2.28. The Morgan fingerprint density at radius 2 is 2.00 bits per heavy atom. The summed E-state index contributed by atoms with van der Waals surface area (Å²) < 4.78 is 11.0. The molecule has 0 saturated carbocycles. The fourth-order valence-corrected chi connectivity index (χ4v) is 2.49. The standard InChI is InChI=1S/C13H20N2O2S/c1-10(9-18(2)17)15-13(16)12(14)8-11-6-4-3-5-7-11/h3-7,10,12H,8-9,14H2,1-2H3,(H,15,16). The number of amides is 1. The van der Waals surface area contributed by atoms with Gasteiger partial charge >= 0.3 is 0 Å². The van der Waals surface area contributed by atoms with Gasteiger partial charge < -0.3 is 11.1 Å². The highest BCUT2D eigenvalue weighted by Crippen LogP contribution is 2.02. The van der Waals surface area contributed by atoms with Gasteiger partial charge in [0.25, 0.3) is 0 Å². The van der Waals surface area contributed by atoms with E-state index in [1.807, 2.05) is 37.3 Å². The summed E-state index contributed by atoms with van der Waals surface area (Å²) >= 11 is 0. The Kier molecular flexibility index (Phi) is 6.01. The maximum Gasteiger partial charge on any atom is 0.237 e. The van der Waals surface area contributed by atoms with Gasteiger partial charge in [-0.05, 0) is 18.9 Å². The minimum absolute atomic E-state index is 0.120. The zero-order chi connectivity index (χ0) is 13.5. The van der Waals surface area contributed by atoms with Crippen molar-refractivity contribution < 1.29 is 9.00 Å². The van der Waals surface area contributed by atoms with E-state index in [2.05, 4.69) is 5.32 Å². The van der Waals surface area contributed by atoms with E-state index in [9.17, 15) is 9.00 Å². The van der Waals surface area contributed by atoms with Gasteiger partial charge in [-0.15, -0.1) is 0 Å². The van der Waals surface area contributed by atoms with Crippen molar-refractivity contribution in [1.29, 1.82) is 0 Å². The second-order valence-electron chi connectivity index (χ2n) is 4.45. The SMILES string of the molecule is CC(CS(C)=O)NC(=O)C(N)Cc1ccccc1. The molecular formula is C13H20N2O2S. The fourth-order valence-electron chi connectivity index (χ4n) is 1.70. The summed E-state index contributed by atoms with van der Waals surface area (Å²) in [5.41, 5.74) is 6.87. The third kappa shape index (κ3) is 5.42. The third-order valence-corrected chi connectivity index (χ3v) is 3.48. The summed E-state index contributed by atoms with van der Waals surface area (Å²) in [6.07, 6.45) is 2.13. The molecule has 1 amide bonds. The molecule has 0 fully saturated rings. The van der Waals surface area contributed by atoms with Gasteiger partial charge in [-0.25, -0.2) is 0 Å². The Balaban J connectivity index is 2.44. The highest BCUT2D eigenvalue weighted by atomic mass is 32.2. The number of rotatable bonds is 6. The predicted octanol–water partition coefficient (Wildman–Crippen LogP) is 0.440. The van der Waals surface area contributed by atoms with Crippen molar-refractivity contribution in [3.8, 4) is 0 Å². The largest absolute Gasteiger partial charge is 0.351 e. The lowest BCUT2D eigenvalue weighted by atomic mass is 10.1. The summed E-state index contributed by atoms with van der Waals surface area (Å²) in [5, 5.41) is 2.77. The lowest BCUT2D eigenvalue weighted by Gasteiger charge is -2.16. The maximum absolute atomic E-state index is 11.8. The van der Waals surface area contributed by atoms with Gasteiger partial charge in [0.05, 0.1) is 6.04 Å². The number of nitrogens with two attached hydrogens (primary N) is 1. The van der Waals surface area contributed by atoms with Crippen molar-refractivity contribution >= 4 is 16.7 Å². The summed E-state index contributed by atoms with van der Waals surface area (Å²) in [4.78, 5) is 11.8. The van der Waals surface area contributed by atoms with Gasteiger partial charge in [-0.1, -0.05) is 30.3 Å². The van der Waals surface area contributed by atoms with Gasteiger partial charge in [0.2, 0.25) is 5.91 Å². The average molecular weight is 268 g/mol. The summed E-state index contributed by atoms with van der Waals surface area (Å²) in [5.74, 6) is 0.251. The minimum atomic E-state index is -0.919. The molecule has 0 bridgehead atoms. The van der Waals surface area contributed by atoms with Crippen molar-refractivity contribution in [2.24, 2.45) is 5.73 Å². The van der Waals surface area contributed by atoms with Crippen LogP contribution in [0.2, 0.25) is 0 Å². The van der Waals surface area contributed by atoms with E-state index in [0.29, 0.717) is 12.2 Å². The van der Waals surface area contributed by atoms with Gasteiger partial charge in [-0.2, -0.15) is 0 Å². The molecule has 5 heteroatoms. The van der Waals surface area contributed by atoms with Crippen LogP contribution in [0.1, 0.15) is 12.5 Å². The third-order valence-electron chi connectivity index (χ3n) is 2.51. The zero-order valence-electron chi connectivity index (χ0n) is 10.8. The molecule has 0 aliphatic rings. The first-order valence-electron chi connectivity index (χ1n) is 5.89. The van der Waals surface area contributed by atoms with Crippen LogP contribution in [-0.2, 0) is 22.0 Å². The predicted molar refractivity (Wildman–Crippen MR) is 74.7 cm³/mol. The van der Waals surface area contributed by atoms with Crippen LogP contribution in [0.3, 0.4) is 0 Å². The van der Waals surface area contributed by atoms with Crippen LogP contribution in [0, 0.1) is 0 Å². The Labute approximate surface area is 110 Å². The highest BCUT2D eigenvalue weighted by molar-refractivity contribution is 7.84. The van der Waals surface area contributed by atoms with Crippen molar-refractivity contribution in [3.63, 3.8) is 0 Å². The summed E-state index contributed by atoms with van der Waals surface area (Å²) in [7, 11) is -0.919. The molecule has 0 saturated heterocycles. The van der Waals surface area contributed by atoms with E-state index in [1.54, 1.807) is 6.26 Å². The molecule has 18 heavy (non-hydrogen) atoms. The van der Waals surface area contributed by atoms with Gasteiger partial charge in [0.1, 0.15) is 0 Å². The van der Waals surface area contributed by atoms with Gasteiger partial charge in [-0.3, -0.25) is 9.00 Å². The first kappa shape index (κ1) is 14.9. The normalized spacial score (nSPS) is 15.7. The Morgan fingerprint density at radius 1 is 1.39 bits per heavy atom. The van der Waals surface area contributed by atoms with Crippen LogP contribution < -0.4 is 11.1 Å². The van der Waals surface area contributed by atoms with Crippen molar-refractivity contribution in [3.05, 3.63) is 35.9 Å². The van der Waals surface area contributed by atoms with Crippen LogP contribution in [0.5, 0.6) is 0 Å². The van der Waals surface area contributed by atoms with E-state index < -0.39 is 16.8 Å². The van der Waals surface area contributed by atoms with Crippen LogP contribution in [0.15, 0.2) is 30.3 Å². The van der Waals surface area contributed by atoms with Crippen molar-refractivity contribution in [2.75, 3.05) is 12.0 Å². The topological polar surface area (TPSA) is 72.2 Å². The number of carbonyl (C=O) groups is 1. The Morgan fingerprint density at radius 3 is 2.56 bits per heavy atom. The van der Waals surface area contributed by atoms with Crippen LogP contribution in [-0.4, -0.2) is 34.2 Å². The molecule has 100 valence electrons. The molecule has 0 aliphatic heterocycles. The molecule has 3 unspecified atom stereocenters. The van der Waals surface area contributed by atoms with E-state index >= 15 is 0 Å². The molecular weight excluding hydrogens is 248 g/mol. The van der Waals surface area contributed by atoms with E-state index in [-0.39, 0.29) is 11.9 Å².